The molecule has 86 valence electrons. The summed E-state index contributed by atoms with van der Waals surface area (Å²) in [6.45, 7) is 3.67. The van der Waals surface area contributed by atoms with Crippen LogP contribution in [0.1, 0.15) is 24.3 Å². The summed E-state index contributed by atoms with van der Waals surface area (Å²) < 4.78 is 0.420. The zero-order valence-corrected chi connectivity index (χ0v) is 10.5. The van der Waals surface area contributed by atoms with E-state index < -0.39 is 5.91 Å². The Hall–Kier alpha value is -1.50. The summed E-state index contributed by atoms with van der Waals surface area (Å²) in [4.78, 5) is 23.1. The van der Waals surface area contributed by atoms with Crippen molar-refractivity contribution in [3.05, 3.63) is 16.5 Å². The molecule has 1 aromatic rings. The van der Waals surface area contributed by atoms with Crippen LogP contribution in [-0.2, 0) is 0 Å². The van der Waals surface area contributed by atoms with Gasteiger partial charge in [-0.05, 0) is 15.9 Å². The minimum absolute atomic E-state index is 0.00187. The van der Waals surface area contributed by atoms with Gasteiger partial charge in [0.2, 0.25) is 0 Å². The van der Waals surface area contributed by atoms with E-state index in [2.05, 4.69) is 30.9 Å². The smallest absolute Gasteiger partial charge is 0.301 e. The minimum atomic E-state index is -0.586. The number of carbonyl (C=O) groups is 1. The first-order valence-corrected chi connectivity index (χ1v) is 5.37. The summed E-state index contributed by atoms with van der Waals surface area (Å²) in [6, 6.07) is 0. The van der Waals surface area contributed by atoms with Gasteiger partial charge < -0.3 is 11.5 Å². The summed E-state index contributed by atoms with van der Waals surface area (Å²) in [5.74, 6) is -0.317. The number of aliphatic imine (C=N–C) groups is 1. The molecule has 0 spiro atoms. The third kappa shape index (κ3) is 2.99. The molecule has 0 unspecified atom stereocenters. The van der Waals surface area contributed by atoms with Crippen molar-refractivity contribution in [3.8, 4) is 0 Å². The second-order valence-corrected chi connectivity index (χ2v) is 4.24. The van der Waals surface area contributed by atoms with Gasteiger partial charge in [0.05, 0.1) is 6.20 Å². The van der Waals surface area contributed by atoms with Gasteiger partial charge in [-0.25, -0.2) is 9.97 Å². The first-order chi connectivity index (χ1) is 7.41. The van der Waals surface area contributed by atoms with Crippen LogP contribution in [0.5, 0.6) is 0 Å². The van der Waals surface area contributed by atoms with Crippen LogP contribution in [0.15, 0.2) is 15.8 Å². The number of anilines is 1. The summed E-state index contributed by atoms with van der Waals surface area (Å²) in [6.07, 6.45) is 1.40. The number of amides is 1. The molecular weight excluding hydrogens is 274 g/mol. The van der Waals surface area contributed by atoms with Crippen LogP contribution >= 0.6 is 15.9 Å². The first kappa shape index (κ1) is 12.6. The number of nitrogens with two attached hydrogens (primary N) is 2. The molecule has 0 bridgehead atoms. The monoisotopic (exact) mass is 285 g/mol. The third-order valence-electron chi connectivity index (χ3n) is 1.80. The lowest BCUT2D eigenvalue weighted by Crippen LogP contribution is -2.21. The Morgan fingerprint density at radius 2 is 2.19 bits per heavy atom. The van der Waals surface area contributed by atoms with E-state index in [0.29, 0.717) is 4.60 Å². The molecule has 1 heterocycles. The summed E-state index contributed by atoms with van der Waals surface area (Å²) in [7, 11) is 0. The normalized spacial score (nSPS) is 11.9. The fourth-order valence-electron chi connectivity index (χ4n) is 0.834. The summed E-state index contributed by atoms with van der Waals surface area (Å²) in [5, 5.41) is 0. The number of hydrogen-bond donors (Lipinski definition) is 2. The SMILES string of the molecule is CC(C)C(N)=NC(=O)c1nc(Br)cnc1N. The van der Waals surface area contributed by atoms with Crippen molar-refractivity contribution in [2.24, 2.45) is 16.6 Å². The minimum Gasteiger partial charge on any atom is -0.387 e. The van der Waals surface area contributed by atoms with E-state index in [4.69, 9.17) is 11.5 Å². The molecule has 0 radical (unpaired) electrons. The van der Waals surface area contributed by atoms with Gasteiger partial charge in [0, 0.05) is 5.92 Å². The molecule has 4 N–H and O–H groups in total. The van der Waals surface area contributed by atoms with Gasteiger partial charge >= 0.3 is 5.91 Å². The molecule has 0 saturated carbocycles. The van der Waals surface area contributed by atoms with Crippen LogP contribution in [-0.4, -0.2) is 21.7 Å². The number of nitrogens with zero attached hydrogens (tertiary/aromatic N) is 3. The lowest BCUT2D eigenvalue weighted by Gasteiger charge is -2.04. The average Bonchev–Trinajstić information content (AvgIpc) is 2.21. The van der Waals surface area contributed by atoms with Gasteiger partial charge in [-0.2, -0.15) is 4.99 Å². The number of rotatable bonds is 2. The van der Waals surface area contributed by atoms with Crippen molar-refractivity contribution in [2.45, 2.75) is 13.8 Å². The number of aromatic nitrogens is 2. The maximum absolute atomic E-state index is 11.7. The van der Waals surface area contributed by atoms with E-state index >= 15 is 0 Å². The molecule has 0 fully saturated rings. The van der Waals surface area contributed by atoms with E-state index in [1.807, 2.05) is 13.8 Å². The molecule has 0 aliphatic heterocycles. The molecule has 0 saturated heterocycles. The molecule has 0 aliphatic rings. The van der Waals surface area contributed by atoms with Gasteiger partial charge in [0.25, 0.3) is 0 Å². The standard InChI is InChI=1S/C9H12BrN5O/c1-4(2)7(11)15-9(16)6-8(12)13-3-5(10)14-6/h3-4H,1-2H3,(H2,12,13)(H2,11,15,16). The fourth-order valence-corrected chi connectivity index (χ4v) is 1.11. The average molecular weight is 286 g/mol. The van der Waals surface area contributed by atoms with Crippen LogP contribution in [0.25, 0.3) is 0 Å². The van der Waals surface area contributed by atoms with E-state index in [1.54, 1.807) is 0 Å². The van der Waals surface area contributed by atoms with Crippen LogP contribution in [0.4, 0.5) is 5.82 Å². The van der Waals surface area contributed by atoms with Gasteiger partial charge in [-0.15, -0.1) is 0 Å². The van der Waals surface area contributed by atoms with Crippen molar-refractivity contribution in [1.82, 2.24) is 9.97 Å². The summed E-state index contributed by atoms with van der Waals surface area (Å²) in [5.41, 5.74) is 11.1. The third-order valence-corrected chi connectivity index (χ3v) is 2.18. The maximum Gasteiger partial charge on any atom is 0.301 e. The Morgan fingerprint density at radius 1 is 1.56 bits per heavy atom. The molecule has 0 aromatic carbocycles. The molecular formula is C9H12BrN5O. The fraction of sp³-hybridized carbons (Fsp3) is 0.333. The predicted molar refractivity (Wildman–Crippen MR) is 64.9 cm³/mol. The van der Waals surface area contributed by atoms with Crippen molar-refractivity contribution < 1.29 is 4.79 Å². The lowest BCUT2D eigenvalue weighted by atomic mass is 10.2. The topological polar surface area (TPSA) is 107 Å². The number of amidine groups is 1. The second-order valence-electron chi connectivity index (χ2n) is 3.42. The van der Waals surface area contributed by atoms with Crippen LogP contribution in [0, 0.1) is 5.92 Å². The van der Waals surface area contributed by atoms with E-state index in [-0.39, 0.29) is 23.3 Å². The second kappa shape index (κ2) is 5.02. The highest BCUT2D eigenvalue weighted by atomic mass is 79.9. The lowest BCUT2D eigenvalue weighted by molar-refractivity contribution is 0.0998. The molecule has 1 amide bonds. The molecule has 0 aliphatic carbocycles. The predicted octanol–water partition coefficient (Wildman–Crippen LogP) is 0.975. The van der Waals surface area contributed by atoms with Gasteiger partial charge in [0.15, 0.2) is 11.5 Å². The largest absolute Gasteiger partial charge is 0.387 e. The van der Waals surface area contributed by atoms with E-state index in [9.17, 15) is 4.79 Å². The number of halogens is 1. The van der Waals surface area contributed by atoms with Crippen molar-refractivity contribution >= 4 is 33.5 Å². The van der Waals surface area contributed by atoms with Gasteiger partial charge in [-0.3, -0.25) is 4.79 Å². The highest BCUT2D eigenvalue weighted by Crippen LogP contribution is 2.11. The molecule has 6 nitrogen and oxygen atoms in total. The zero-order chi connectivity index (χ0) is 12.3. The molecule has 16 heavy (non-hydrogen) atoms. The Labute approximate surface area is 101 Å². The molecule has 1 rings (SSSR count). The Balaban J connectivity index is 3.06. The van der Waals surface area contributed by atoms with Crippen LogP contribution in [0.3, 0.4) is 0 Å². The van der Waals surface area contributed by atoms with Crippen molar-refractivity contribution in [2.75, 3.05) is 5.73 Å². The number of nitrogen functional groups attached to an aromatic ring is 1. The van der Waals surface area contributed by atoms with Crippen molar-refractivity contribution in [1.29, 1.82) is 0 Å². The molecule has 0 atom stereocenters. The van der Waals surface area contributed by atoms with Gasteiger partial charge in [0.1, 0.15) is 10.4 Å². The van der Waals surface area contributed by atoms with Crippen LogP contribution < -0.4 is 11.5 Å². The van der Waals surface area contributed by atoms with Gasteiger partial charge in [-0.1, -0.05) is 13.8 Å². The van der Waals surface area contributed by atoms with Crippen molar-refractivity contribution in [3.63, 3.8) is 0 Å². The van der Waals surface area contributed by atoms with E-state index in [0.717, 1.165) is 0 Å². The molecule has 1 aromatic heterocycles. The highest BCUT2D eigenvalue weighted by Gasteiger charge is 2.13. The zero-order valence-electron chi connectivity index (χ0n) is 8.94. The Morgan fingerprint density at radius 3 is 2.75 bits per heavy atom. The number of hydrogen-bond acceptors (Lipinski definition) is 4. The highest BCUT2D eigenvalue weighted by molar-refractivity contribution is 9.10. The Bertz CT molecular complexity index is 444. The van der Waals surface area contributed by atoms with E-state index in [1.165, 1.54) is 6.20 Å². The number of carbonyl (C=O) groups excluding carboxylic acids is 1. The summed E-state index contributed by atoms with van der Waals surface area (Å²) >= 11 is 3.10. The quantitative estimate of drug-likeness (QED) is 0.622. The Kier molecular flexibility index (Phi) is 3.94. The maximum atomic E-state index is 11.7. The first-order valence-electron chi connectivity index (χ1n) is 4.58. The molecule has 7 heteroatoms. The van der Waals surface area contributed by atoms with Crippen LogP contribution in [0.2, 0.25) is 0 Å².